The lowest BCUT2D eigenvalue weighted by Crippen LogP contribution is -2.29. The first kappa shape index (κ1) is 18.8. The molecule has 0 bridgehead atoms. The highest BCUT2D eigenvalue weighted by Crippen LogP contribution is 2.39. The fraction of sp³-hybridized carbons (Fsp3) is 0.217. The molecule has 0 unspecified atom stereocenters. The van der Waals surface area contributed by atoms with E-state index in [1.54, 1.807) is 6.08 Å². The lowest BCUT2D eigenvalue weighted by molar-refractivity contribution is -0.138. The lowest BCUT2D eigenvalue weighted by Gasteiger charge is -2.30. The summed E-state index contributed by atoms with van der Waals surface area (Å²) in [6.45, 7) is 8.20. The number of nitrogens with one attached hydrogen (secondary N) is 1. The average Bonchev–Trinajstić information content (AvgIpc) is 3.09. The molecule has 1 aliphatic rings. The van der Waals surface area contributed by atoms with Crippen LogP contribution in [0.4, 0.5) is 5.95 Å². The van der Waals surface area contributed by atoms with E-state index >= 15 is 0 Å². The third-order valence-corrected chi connectivity index (χ3v) is 4.89. The van der Waals surface area contributed by atoms with E-state index in [-0.39, 0.29) is 18.6 Å². The number of carbonyl (C=O) groups is 1. The zero-order chi connectivity index (χ0) is 20.4. The number of rotatable bonds is 6. The number of fused-ring (bicyclic) bond motifs is 3. The van der Waals surface area contributed by atoms with Crippen LogP contribution >= 0.6 is 0 Å². The van der Waals surface area contributed by atoms with Crippen molar-refractivity contribution in [1.29, 1.82) is 0 Å². The number of nitrogens with zero attached hydrogens (tertiary/aromatic N) is 2. The zero-order valence-corrected chi connectivity index (χ0v) is 16.5. The van der Waals surface area contributed by atoms with E-state index in [2.05, 4.69) is 11.9 Å². The predicted molar refractivity (Wildman–Crippen MR) is 113 cm³/mol. The number of esters is 1. The molecule has 2 aromatic carbocycles. The number of ether oxygens (including phenoxy) is 2. The van der Waals surface area contributed by atoms with Crippen LogP contribution in [0, 0.1) is 0 Å². The number of hydrogen-bond acceptors (Lipinski definition) is 5. The third-order valence-electron chi connectivity index (χ3n) is 4.89. The van der Waals surface area contributed by atoms with Gasteiger partial charge in [-0.3, -0.25) is 4.57 Å². The van der Waals surface area contributed by atoms with Gasteiger partial charge in [-0.05, 0) is 43.7 Å². The fourth-order valence-corrected chi connectivity index (χ4v) is 3.67. The van der Waals surface area contributed by atoms with Crippen molar-refractivity contribution in [3.63, 3.8) is 0 Å². The van der Waals surface area contributed by atoms with Crippen LogP contribution in [-0.2, 0) is 9.53 Å². The highest BCUT2D eigenvalue weighted by Gasteiger charge is 2.34. The highest BCUT2D eigenvalue weighted by molar-refractivity contribution is 5.94. The van der Waals surface area contributed by atoms with Crippen molar-refractivity contribution < 1.29 is 14.3 Å². The van der Waals surface area contributed by atoms with Gasteiger partial charge in [0.05, 0.1) is 29.3 Å². The van der Waals surface area contributed by atoms with Crippen LogP contribution < -0.4 is 10.1 Å². The minimum absolute atomic E-state index is 0.156. The Morgan fingerprint density at radius 1 is 1.24 bits per heavy atom. The molecule has 0 spiro atoms. The van der Waals surface area contributed by atoms with Gasteiger partial charge in [0, 0.05) is 5.70 Å². The molecule has 3 aromatic rings. The van der Waals surface area contributed by atoms with Crippen LogP contribution in [-0.4, -0.2) is 28.7 Å². The molecule has 0 radical (unpaired) electrons. The Bertz CT molecular complexity index is 1100. The van der Waals surface area contributed by atoms with E-state index in [1.807, 2.05) is 66.9 Å². The maximum absolute atomic E-state index is 13.0. The maximum Gasteiger partial charge on any atom is 0.338 e. The number of anilines is 1. The van der Waals surface area contributed by atoms with E-state index in [0.717, 1.165) is 28.0 Å². The summed E-state index contributed by atoms with van der Waals surface area (Å²) in [5.41, 5.74) is 4.02. The number of benzene rings is 2. The number of carbonyl (C=O) groups excluding carboxylic acids is 1. The van der Waals surface area contributed by atoms with Crippen LogP contribution in [0.1, 0.15) is 25.5 Å². The van der Waals surface area contributed by atoms with E-state index in [9.17, 15) is 4.79 Å². The van der Waals surface area contributed by atoms with Gasteiger partial charge in [0.1, 0.15) is 12.4 Å². The van der Waals surface area contributed by atoms with Gasteiger partial charge in [0.25, 0.3) is 0 Å². The van der Waals surface area contributed by atoms with Gasteiger partial charge >= 0.3 is 5.97 Å². The van der Waals surface area contributed by atoms with E-state index in [0.29, 0.717) is 18.1 Å². The SMILES string of the molecule is C=CCOC(=O)C1=C(C)Nc2nc3ccccc3n2[C@@H]1c1ccc(OCC)cc1. The standard InChI is InChI=1S/C23H23N3O3/c1-4-14-29-22(27)20-15(3)24-23-25-18-8-6-7-9-19(18)26(23)21(20)16-10-12-17(13-11-16)28-5-2/h4,6-13,21H,1,5,14H2,2-3H3,(H,24,25)/t21-/m1/s1. The summed E-state index contributed by atoms with van der Waals surface area (Å²) in [6, 6.07) is 15.3. The molecule has 1 N–H and O–H groups in total. The molecule has 0 fully saturated rings. The first-order valence-corrected chi connectivity index (χ1v) is 9.59. The van der Waals surface area contributed by atoms with Crippen molar-refractivity contribution in [3.05, 3.63) is 78.0 Å². The average molecular weight is 389 g/mol. The number of para-hydroxylation sites is 2. The van der Waals surface area contributed by atoms with Gasteiger partial charge in [-0.25, -0.2) is 9.78 Å². The van der Waals surface area contributed by atoms with Crippen molar-refractivity contribution in [2.24, 2.45) is 0 Å². The predicted octanol–water partition coefficient (Wildman–Crippen LogP) is 4.45. The summed E-state index contributed by atoms with van der Waals surface area (Å²) in [7, 11) is 0. The van der Waals surface area contributed by atoms with Gasteiger partial charge in [-0.2, -0.15) is 0 Å². The summed E-state index contributed by atoms with van der Waals surface area (Å²) >= 11 is 0. The second kappa shape index (κ2) is 7.83. The first-order chi connectivity index (χ1) is 14.1. The normalized spacial score (nSPS) is 15.6. The Labute approximate surface area is 169 Å². The van der Waals surface area contributed by atoms with Crippen molar-refractivity contribution in [2.75, 3.05) is 18.5 Å². The van der Waals surface area contributed by atoms with E-state index in [4.69, 9.17) is 14.5 Å². The number of aromatic nitrogens is 2. The summed E-state index contributed by atoms with van der Waals surface area (Å²) in [4.78, 5) is 17.7. The molecule has 6 heteroatoms. The highest BCUT2D eigenvalue weighted by atomic mass is 16.5. The van der Waals surface area contributed by atoms with Crippen LogP contribution in [0.15, 0.2) is 72.5 Å². The molecular formula is C23H23N3O3. The van der Waals surface area contributed by atoms with Crippen molar-refractivity contribution in [1.82, 2.24) is 9.55 Å². The molecule has 0 amide bonds. The van der Waals surface area contributed by atoms with Gasteiger partial charge in [0.15, 0.2) is 0 Å². The Balaban J connectivity index is 1.88. The second-order valence-electron chi connectivity index (χ2n) is 6.75. The molecule has 0 saturated heterocycles. The van der Waals surface area contributed by atoms with Gasteiger partial charge in [0.2, 0.25) is 5.95 Å². The summed E-state index contributed by atoms with van der Waals surface area (Å²) in [6.07, 6.45) is 1.56. The number of allylic oxidation sites excluding steroid dienone is 1. The summed E-state index contributed by atoms with van der Waals surface area (Å²) < 4.78 is 13.0. The smallest absolute Gasteiger partial charge is 0.338 e. The Morgan fingerprint density at radius 3 is 2.72 bits per heavy atom. The van der Waals surface area contributed by atoms with Gasteiger partial charge in [-0.15, -0.1) is 0 Å². The number of imidazole rings is 1. The van der Waals surface area contributed by atoms with Crippen LogP contribution in [0.25, 0.3) is 11.0 Å². The number of hydrogen-bond donors (Lipinski definition) is 1. The van der Waals surface area contributed by atoms with Gasteiger partial charge in [-0.1, -0.05) is 36.9 Å². The van der Waals surface area contributed by atoms with Crippen LogP contribution in [0.2, 0.25) is 0 Å². The van der Waals surface area contributed by atoms with E-state index < -0.39 is 0 Å². The topological polar surface area (TPSA) is 65.4 Å². The Hall–Kier alpha value is -3.54. The minimum atomic E-state index is -0.378. The van der Waals surface area contributed by atoms with Crippen molar-refractivity contribution >= 4 is 23.0 Å². The molecule has 4 rings (SSSR count). The van der Waals surface area contributed by atoms with Gasteiger partial charge < -0.3 is 14.8 Å². The molecule has 0 aliphatic carbocycles. The second-order valence-corrected chi connectivity index (χ2v) is 6.75. The zero-order valence-electron chi connectivity index (χ0n) is 16.5. The first-order valence-electron chi connectivity index (χ1n) is 9.59. The van der Waals surface area contributed by atoms with Crippen LogP contribution in [0.5, 0.6) is 5.75 Å². The quantitative estimate of drug-likeness (QED) is 0.498. The van der Waals surface area contributed by atoms with Crippen molar-refractivity contribution in [2.45, 2.75) is 19.9 Å². The molecule has 29 heavy (non-hydrogen) atoms. The summed E-state index contributed by atoms with van der Waals surface area (Å²) in [5.74, 6) is 1.11. The molecule has 2 heterocycles. The third kappa shape index (κ3) is 3.38. The molecule has 0 saturated carbocycles. The minimum Gasteiger partial charge on any atom is -0.494 e. The van der Waals surface area contributed by atoms with Crippen molar-refractivity contribution in [3.8, 4) is 5.75 Å². The largest absolute Gasteiger partial charge is 0.494 e. The fourth-order valence-electron chi connectivity index (χ4n) is 3.67. The molecule has 148 valence electrons. The van der Waals surface area contributed by atoms with E-state index in [1.165, 1.54) is 0 Å². The molecule has 6 nitrogen and oxygen atoms in total. The molecular weight excluding hydrogens is 366 g/mol. The maximum atomic E-state index is 13.0. The molecule has 1 aromatic heterocycles. The van der Waals surface area contributed by atoms with Crippen LogP contribution in [0.3, 0.4) is 0 Å². The molecule has 1 aliphatic heterocycles. The lowest BCUT2D eigenvalue weighted by atomic mass is 9.95. The Kier molecular flexibility index (Phi) is 5.08. The summed E-state index contributed by atoms with van der Waals surface area (Å²) in [5, 5.41) is 3.27. The molecule has 1 atom stereocenters. The Morgan fingerprint density at radius 2 is 2.00 bits per heavy atom. The monoisotopic (exact) mass is 389 g/mol.